The van der Waals surface area contributed by atoms with Crippen molar-refractivity contribution in [1.82, 2.24) is 9.71 Å². The number of rotatable bonds is 5. The molecule has 0 unspecified atom stereocenters. The SMILES string of the molecule is CC(C)(C)CCNS(=O)(=O)c1ccc(C(N)=S)nc1. The molecule has 0 radical (unpaired) electrons. The van der Waals surface area contributed by atoms with Crippen LogP contribution in [0.2, 0.25) is 0 Å². The number of nitrogens with two attached hydrogens (primary N) is 1. The van der Waals surface area contributed by atoms with Crippen LogP contribution < -0.4 is 10.5 Å². The van der Waals surface area contributed by atoms with Crippen LogP contribution in [0.25, 0.3) is 0 Å². The first-order valence-corrected chi connectivity index (χ1v) is 7.76. The Morgan fingerprint density at radius 1 is 1.42 bits per heavy atom. The van der Waals surface area contributed by atoms with E-state index in [-0.39, 0.29) is 15.3 Å². The number of sulfonamides is 1. The molecule has 0 saturated carbocycles. The Balaban J connectivity index is 2.75. The van der Waals surface area contributed by atoms with Crippen LogP contribution in [0.3, 0.4) is 0 Å². The molecule has 0 aliphatic carbocycles. The zero-order valence-electron chi connectivity index (χ0n) is 11.3. The van der Waals surface area contributed by atoms with E-state index in [1.807, 2.05) is 0 Å². The average molecular weight is 301 g/mol. The van der Waals surface area contributed by atoms with Crippen molar-refractivity contribution < 1.29 is 8.42 Å². The highest BCUT2D eigenvalue weighted by Gasteiger charge is 2.16. The van der Waals surface area contributed by atoms with E-state index in [1.165, 1.54) is 18.3 Å². The zero-order valence-corrected chi connectivity index (χ0v) is 12.9. The first kappa shape index (κ1) is 16.0. The molecule has 0 atom stereocenters. The molecular formula is C12H19N3O2S2. The van der Waals surface area contributed by atoms with E-state index in [0.29, 0.717) is 12.2 Å². The average Bonchev–Trinajstić information content (AvgIpc) is 2.27. The summed E-state index contributed by atoms with van der Waals surface area (Å²) in [5.74, 6) is 0. The van der Waals surface area contributed by atoms with Crippen molar-refractivity contribution in [2.75, 3.05) is 6.54 Å². The molecule has 106 valence electrons. The Kier molecular flexibility index (Phi) is 5.00. The van der Waals surface area contributed by atoms with Gasteiger partial charge in [0.2, 0.25) is 10.0 Å². The molecule has 7 heteroatoms. The lowest BCUT2D eigenvalue weighted by atomic mass is 9.93. The second-order valence-electron chi connectivity index (χ2n) is 5.45. The van der Waals surface area contributed by atoms with Crippen LogP contribution in [0.4, 0.5) is 0 Å². The van der Waals surface area contributed by atoms with Crippen LogP contribution in [0.15, 0.2) is 23.2 Å². The molecule has 1 aromatic heterocycles. The lowest BCUT2D eigenvalue weighted by Crippen LogP contribution is -2.27. The van der Waals surface area contributed by atoms with Crippen molar-refractivity contribution in [3.63, 3.8) is 0 Å². The lowest BCUT2D eigenvalue weighted by Gasteiger charge is -2.18. The Morgan fingerprint density at radius 2 is 2.05 bits per heavy atom. The van der Waals surface area contributed by atoms with E-state index >= 15 is 0 Å². The fraction of sp³-hybridized carbons (Fsp3) is 0.500. The van der Waals surface area contributed by atoms with Crippen LogP contribution in [-0.4, -0.2) is 24.9 Å². The molecule has 1 heterocycles. The molecule has 0 spiro atoms. The number of hydrogen-bond donors (Lipinski definition) is 2. The highest BCUT2D eigenvalue weighted by molar-refractivity contribution is 7.89. The topological polar surface area (TPSA) is 85.1 Å². The normalized spacial score (nSPS) is 12.4. The lowest BCUT2D eigenvalue weighted by molar-refractivity contribution is 0.378. The predicted octanol–water partition coefficient (Wildman–Crippen LogP) is 1.43. The Morgan fingerprint density at radius 3 is 2.47 bits per heavy atom. The molecular weight excluding hydrogens is 282 g/mol. The summed E-state index contributed by atoms with van der Waals surface area (Å²) in [6.45, 7) is 6.56. The summed E-state index contributed by atoms with van der Waals surface area (Å²) >= 11 is 4.76. The van der Waals surface area contributed by atoms with Gasteiger partial charge in [0.05, 0.1) is 5.69 Å². The highest BCUT2D eigenvalue weighted by Crippen LogP contribution is 2.17. The fourth-order valence-electron chi connectivity index (χ4n) is 1.33. The number of hydrogen-bond acceptors (Lipinski definition) is 4. The van der Waals surface area contributed by atoms with Gasteiger partial charge in [0.1, 0.15) is 9.88 Å². The summed E-state index contributed by atoms with van der Waals surface area (Å²) in [7, 11) is -3.52. The fourth-order valence-corrected chi connectivity index (χ4v) is 2.43. The molecule has 0 aromatic carbocycles. The van der Waals surface area contributed by atoms with Crippen molar-refractivity contribution in [3.05, 3.63) is 24.0 Å². The third-order valence-corrected chi connectivity index (χ3v) is 4.12. The van der Waals surface area contributed by atoms with Crippen molar-refractivity contribution >= 4 is 27.2 Å². The molecule has 0 bridgehead atoms. The number of aromatic nitrogens is 1. The minimum Gasteiger partial charge on any atom is -0.388 e. The first-order valence-electron chi connectivity index (χ1n) is 5.87. The Bertz CT molecular complexity index is 545. The molecule has 3 N–H and O–H groups in total. The minimum absolute atomic E-state index is 0.0797. The quantitative estimate of drug-likeness (QED) is 0.804. The van der Waals surface area contributed by atoms with Gasteiger partial charge >= 0.3 is 0 Å². The van der Waals surface area contributed by atoms with Gasteiger partial charge in [-0.2, -0.15) is 0 Å². The minimum atomic E-state index is -3.52. The van der Waals surface area contributed by atoms with Crippen LogP contribution in [0, 0.1) is 5.41 Å². The molecule has 19 heavy (non-hydrogen) atoms. The smallest absolute Gasteiger partial charge is 0.242 e. The van der Waals surface area contributed by atoms with Gasteiger partial charge in [0.25, 0.3) is 0 Å². The van der Waals surface area contributed by atoms with Gasteiger partial charge in [-0.3, -0.25) is 4.98 Å². The van der Waals surface area contributed by atoms with E-state index in [9.17, 15) is 8.42 Å². The number of nitrogens with one attached hydrogen (secondary N) is 1. The number of pyridine rings is 1. The highest BCUT2D eigenvalue weighted by atomic mass is 32.2. The maximum absolute atomic E-state index is 12.0. The Hall–Kier alpha value is -1.05. The van der Waals surface area contributed by atoms with Gasteiger partial charge < -0.3 is 5.73 Å². The van der Waals surface area contributed by atoms with Crippen LogP contribution in [0.1, 0.15) is 32.9 Å². The van der Waals surface area contributed by atoms with Gasteiger partial charge in [0, 0.05) is 12.7 Å². The van der Waals surface area contributed by atoms with E-state index in [0.717, 1.165) is 6.42 Å². The summed E-state index contributed by atoms with van der Waals surface area (Å²) in [5, 5.41) is 0. The second kappa shape index (κ2) is 5.94. The maximum Gasteiger partial charge on any atom is 0.242 e. The third-order valence-electron chi connectivity index (χ3n) is 2.47. The first-order chi connectivity index (χ1) is 8.62. The zero-order chi connectivity index (χ0) is 14.7. The summed E-state index contributed by atoms with van der Waals surface area (Å²) in [6, 6.07) is 2.95. The van der Waals surface area contributed by atoms with Crippen molar-refractivity contribution in [3.8, 4) is 0 Å². The molecule has 0 amide bonds. The molecule has 0 aliphatic rings. The van der Waals surface area contributed by atoms with Gasteiger partial charge in [-0.1, -0.05) is 33.0 Å². The van der Waals surface area contributed by atoms with Crippen molar-refractivity contribution in [2.24, 2.45) is 11.1 Å². The summed E-state index contributed by atoms with van der Waals surface area (Å²) < 4.78 is 26.5. The van der Waals surface area contributed by atoms with E-state index in [2.05, 4.69) is 30.5 Å². The van der Waals surface area contributed by atoms with E-state index in [4.69, 9.17) is 18.0 Å². The standard InChI is InChI=1S/C12H19N3O2S2/c1-12(2,3)6-7-15-19(16,17)9-4-5-10(11(13)18)14-8-9/h4-5,8,15H,6-7H2,1-3H3,(H2,13,18). The number of nitrogens with zero attached hydrogens (tertiary/aromatic N) is 1. The van der Waals surface area contributed by atoms with Gasteiger partial charge in [-0.05, 0) is 24.0 Å². The van der Waals surface area contributed by atoms with E-state index in [1.54, 1.807) is 0 Å². The summed E-state index contributed by atoms with van der Waals surface area (Å²) in [4.78, 5) is 4.17. The summed E-state index contributed by atoms with van der Waals surface area (Å²) in [5.41, 5.74) is 5.89. The van der Waals surface area contributed by atoms with Gasteiger partial charge in [-0.15, -0.1) is 0 Å². The van der Waals surface area contributed by atoms with Crippen LogP contribution >= 0.6 is 12.2 Å². The molecule has 0 aliphatic heterocycles. The molecule has 1 rings (SSSR count). The van der Waals surface area contributed by atoms with Gasteiger partial charge in [-0.25, -0.2) is 13.1 Å². The molecule has 0 fully saturated rings. The number of thiocarbonyl (C=S) groups is 1. The van der Waals surface area contributed by atoms with Crippen molar-refractivity contribution in [2.45, 2.75) is 32.1 Å². The second-order valence-corrected chi connectivity index (χ2v) is 7.66. The Labute approximate surface area is 119 Å². The maximum atomic E-state index is 12.0. The predicted molar refractivity (Wildman–Crippen MR) is 79.4 cm³/mol. The molecule has 0 saturated heterocycles. The summed E-state index contributed by atoms with van der Waals surface area (Å²) in [6.07, 6.45) is 2.01. The van der Waals surface area contributed by atoms with Crippen LogP contribution in [0.5, 0.6) is 0 Å². The molecule has 1 aromatic rings. The van der Waals surface area contributed by atoms with E-state index < -0.39 is 10.0 Å². The van der Waals surface area contributed by atoms with Crippen LogP contribution in [-0.2, 0) is 10.0 Å². The monoisotopic (exact) mass is 301 g/mol. The molecule has 5 nitrogen and oxygen atoms in total. The third kappa shape index (κ3) is 5.22. The van der Waals surface area contributed by atoms with Gasteiger partial charge in [0.15, 0.2) is 0 Å². The largest absolute Gasteiger partial charge is 0.388 e. The van der Waals surface area contributed by atoms with Crippen molar-refractivity contribution in [1.29, 1.82) is 0 Å².